The molecule has 1 unspecified atom stereocenters. The van der Waals surface area contributed by atoms with E-state index in [9.17, 15) is 27.6 Å². The average molecular weight is 518 g/mol. The normalized spacial score (nSPS) is 19.6. The molecule has 1 fully saturated rings. The molecule has 0 spiro atoms. The molecule has 1 aliphatic heterocycles. The molecule has 0 aliphatic carbocycles. The van der Waals surface area contributed by atoms with Crippen LogP contribution in [0.3, 0.4) is 0 Å². The third-order valence-electron chi connectivity index (χ3n) is 7.00. The molecular weight excluding hydrogens is 490 g/mol. The van der Waals surface area contributed by atoms with Crippen molar-refractivity contribution in [1.82, 2.24) is 14.5 Å². The summed E-state index contributed by atoms with van der Waals surface area (Å²) in [6.07, 6.45) is -4.19. The van der Waals surface area contributed by atoms with E-state index in [1.807, 2.05) is 26.8 Å². The fraction of sp³-hybridized carbons (Fsp3) is 0.423. The minimum Gasteiger partial charge on any atom is -0.406 e. The lowest BCUT2D eigenvalue weighted by atomic mass is 9.97. The summed E-state index contributed by atoms with van der Waals surface area (Å²) in [7, 11) is 1.65. The van der Waals surface area contributed by atoms with E-state index in [1.165, 1.54) is 16.7 Å². The van der Waals surface area contributed by atoms with Gasteiger partial charge in [-0.15, -0.1) is 13.2 Å². The molecule has 1 aromatic carbocycles. The van der Waals surface area contributed by atoms with Crippen molar-refractivity contribution in [2.45, 2.75) is 51.7 Å². The highest BCUT2D eigenvalue weighted by Crippen LogP contribution is 2.35. The predicted octanol–water partition coefficient (Wildman–Crippen LogP) is 4.89. The van der Waals surface area contributed by atoms with Gasteiger partial charge in [-0.05, 0) is 38.5 Å². The van der Waals surface area contributed by atoms with Crippen molar-refractivity contribution in [3.05, 3.63) is 63.8 Å². The highest BCUT2D eigenvalue weighted by atomic mass is 19.4. The Bertz CT molecular complexity index is 1420. The smallest absolute Gasteiger partial charge is 0.406 e. The molecule has 0 N–H and O–H groups in total. The molecule has 3 heterocycles. The fourth-order valence-electron chi connectivity index (χ4n) is 5.05. The number of hydrogen-bond donors (Lipinski definition) is 0. The molecule has 2 aromatic heterocycles. The SMILES string of the molecule is CC[C@@H]1CN(c2cc(=O)n(C)c3ccc(C#N)nc23)[C@@H](C)CN1C(C)c1ccc(OC(F)(F)F)cc1F. The quantitative estimate of drug-likeness (QED) is 0.449. The van der Waals surface area contributed by atoms with Gasteiger partial charge >= 0.3 is 6.36 Å². The number of benzene rings is 1. The number of alkyl halides is 3. The lowest BCUT2D eigenvalue weighted by Crippen LogP contribution is -2.58. The van der Waals surface area contributed by atoms with Crippen LogP contribution in [0.15, 0.2) is 41.2 Å². The molecule has 0 radical (unpaired) electrons. The van der Waals surface area contributed by atoms with E-state index < -0.39 is 24.0 Å². The first-order chi connectivity index (χ1) is 17.4. The molecule has 1 saturated heterocycles. The molecule has 7 nitrogen and oxygen atoms in total. The summed E-state index contributed by atoms with van der Waals surface area (Å²) in [5.41, 5.74) is 2.11. The van der Waals surface area contributed by atoms with Crippen molar-refractivity contribution < 1.29 is 22.3 Å². The Morgan fingerprint density at radius 1 is 1.22 bits per heavy atom. The summed E-state index contributed by atoms with van der Waals surface area (Å²) in [5, 5.41) is 9.36. The first-order valence-corrected chi connectivity index (χ1v) is 11.9. The van der Waals surface area contributed by atoms with Crippen molar-refractivity contribution >= 4 is 16.7 Å². The van der Waals surface area contributed by atoms with Crippen LogP contribution >= 0.6 is 0 Å². The maximum absolute atomic E-state index is 14.9. The van der Waals surface area contributed by atoms with E-state index in [-0.39, 0.29) is 28.9 Å². The summed E-state index contributed by atoms with van der Waals surface area (Å²) in [4.78, 5) is 21.4. The van der Waals surface area contributed by atoms with Gasteiger partial charge in [0, 0.05) is 56.0 Å². The van der Waals surface area contributed by atoms with Crippen molar-refractivity contribution in [2.75, 3.05) is 18.0 Å². The standard InChI is InChI=1S/C26H27F4N5O2/c1-5-18-14-34(23-11-24(36)33(4)22-9-6-17(12-31)32-25(22)23)15(2)13-35(18)16(3)20-8-7-19(10-21(20)27)37-26(28,29)30/h6-11,15-16,18H,5,13-14H2,1-4H3/t15-,16?,18+/m0/s1. The monoisotopic (exact) mass is 517 g/mol. The summed E-state index contributed by atoms with van der Waals surface area (Å²) < 4.78 is 57.8. The zero-order chi connectivity index (χ0) is 27.1. The van der Waals surface area contributed by atoms with Crippen LogP contribution in [-0.2, 0) is 7.05 Å². The van der Waals surface area contributed by atoms with E-state index in [0.717, 1.165) is 12.1 Å². The van der Waals surface area contributed by atoms with E-state index in [2.05, 4.69) is 19.5 Å². The Kier molecular flexibility index (Phi) is 7.15. The minimum absolute atomic E-state index is 0.0463. The Morgan fingerprint density at radius 2 is 1.95 bits per heavy atom. The maximum atomic E-state index is 14.9. The third-order valence-corrected chi connectivity index (χ3v) is 7.00. The van der Waals surface area contributed by atoms with E-state index in [4.69, 9.17) is 0 Å². The number of fused-ring (bicyclic) bond motifs is 1. The Hall–Kier alpha value is -3.65. The number of pyridine rings is 2. The molecule has 3 aromatic rings. The highest BCUT2D eigenvalue weighted by molar-refractivity contribution is 5.89. The lowest BCUT2D eigenvalue weighted by Gasteiger charge is -2.48. The number of hydrogen-bond acceptors (Lipinski definition) is 6. The minimum atomic E-state index is -4.90. The number of anilines is 1. The number of piperazine rings is 1. The topological polar surface area (TPSA) is 74.4 Å². The van der Waals surface area contributed by atoms with Crippen LogP contribution in [0, 0.1) is 17.1 Å². The van der Waals surface area contributed by atoms with Gasteiger partial charge in [0.2, 0.25) is 0 Å². The number of nitriles is 1. The van der Waals surface area contributed by atoms with Crippen LogP contribution in [0.2, 0.25) is 0 Å². The van der Waals surface area contributed by atoms with Crippen LogP contribution in [0.25, 0.3) is 11.0 Å². The molecule has 11 heteroatoms. The van der Waals surface area contributed by atoms with Gasteiger partial charge in [-0.3, -0.25) is 9.69 Å². The van der Waals surface area contributed by atoms with Crippen molar-refractivity contribution in [2.24, 2.45) is 7.05 Å². The van der Waals surface area contributed by atoms with Gasteiger partial charge in [0.25, 0.3) is 5.56 Å². The van der Waals surface area contributed by atoms with Gasteiger partial charge < -0.3 is 14.2 Å². The summed E-state index contributed by atoms with van der Waals surface area (Å²) in [6.45, 7) is 6.83. The largest absolute Gasteiger partial charge is 0.573 e. The molecule has 1 aliphatic rings. The number of ether oxygens (including phenoxy) is 1. The van der Waals surface area contributed by atoms with Crippen LogP contribution in [0.1, 0.15) is 44.5 Å². The van der Waals surface area contributed by atoms with Gasteiger partial charge in [0.1, 0.15) is 28.8 Å². The molecule has 0 amide bonds. The van der Waals surface area contributed by atoms with Crippen molar-refractivity contribution in [1.29, 1.82) is 5.26 Å². The first-order valence-electron chi connectivity index (χ1n) is 11.9. The average Bonchev–Trinajstić information content (AvgIpc) is 2.84. The Morgan fingerprint density at radius 3 is 2.57 bits per heavy atom. The van der Waals surface area contributed by atoms with Crippen LogP contribution in [0.4, 0.5) is 23.2 Å². The number of nitrogens with zero attached hydrogens (tertiary/aromatic N) is 5. The molecule has 0 saturated carbocycles. The second-order valence-electron chi connectivity index (χ2n) is 9.27. The fourth-order valence-corrected chi connectivity index (χ4v) is 5.05. The van der Waals surface area contributed by atoms with Gasteiger partial charge in [0.05, 0.1) is 11.2 Å². The van der Waals surface area contributed by atoms with Crippen LogP contribution in [-0.4, -0.2) is 46.0 Å². The van der Waals surface area contributed by atoms with Gasteiger partial charge in [-0.25, -0.2) is 9.37 Å². The highest BCUT2D eigenvalue weighted by Gasteiger charge is 2.36. The molecule has 37 heavy (non-hydrogen) atoms. The zero-order valence-corrected chi connectivity index (χ0v) is 20.9. The summed E-state index contributed by atoms with van der Waals surface area (Å²) in [5.74, 6) is -1.38. The molecular formula is C26H27F4N5O2. The first kappa shape index (κ1) is 26.4. The summed E-state index contributed by atoms with van der Waals surface area (Å²) in [6, 6.07) is 9.48. The molecule has 196 valence electrons. The van der Waals surface area contributed by atoms with Gasteiger partial charge in [0.15, 0.2) is 0 Å². The number of aromatic nitrogens is 2. The summed E-state index contributed by atoms with van der Waals surface area (Å²) >= 11 is 0. The van der Waals surface area contributed by atoms with E-state index in [1.54, 1.807) is 19.2 Å². The van der Waals surface area contributed by atoms with E-state index in [0.29, 0.717) is 36.2 Å². The Balaban J connectivity index is 1.66. The molecule has 3 atom stereocenters. The van der Waals surface area contributed by atoms with Gasteiger partial charge in [-0.2, -0.15) is 5.26 Å². The van der Waals surface area contributed by atoms with Gasteiger partial charge in [-0.1, -0.05) is 13.0 Å². The number of rotatable bonds is 5. The maximum Gasteiger partial charge on any atom is 0.573 e. The predicted molar refractivity (Wildman–Crippen MR) is 131 cm³/mol. The zero-order valence-electron chi connectivity index (χ0n) is 20.9. The second-order valence-corrected chi connectivity index (χ2v) is 9.27. The van der Waals surface area contributed by atoms with Crippen LogP contribution < -0.4 is 15.2 Å². The lowest BCUT2D eigenvalue weighted by molar-refractivity contribution is -0.274. The molecule has 0 bridgehead atoms. The Labute approximate surface area is 211 Å². The van der Waals surface area contributed by atoms with Crippen LogP contribution in [0.5, 0.6) is 5.75 Å². The molecule has 4 rings (SSSR count). The van der Waals surface area contributed by atoms with E-state index >= 15 is 0 Å². The second kappa shape index (κ2) is 10.0. The van der Waals surface area contributed by atoms with Crippen molar-refractivity contribution in [3.8, 4) is 11.8 Å². The third kappa shape index (κ3) is 5.25. The van der Waals surface area contributed by atoms with Crippen molar-refractivity contribution in [3.63, 3.8) is 0 Å². The number of aryl methyl sites for hydroxylation is 1. The number of halogens is 4.